The van der Waals surface area contributed by atoms with Gasteiger partial charge in [0.2, 0.25) is 0 Å². The molecule has 1 amide bonds. The summed E-state index contributed by atoms with van der Waals surface area (Å²) in [6, 6.07) is 7.85. The summed E-state index contributed by atoms with van der Waals surface area (Å²) in [6.45, 7) is 3.96. The van der Waals surface area contributed by atoms with Crippen molar-refractivity contribution in [2.45, 2.75) is 6.17 Å². The summed E-state index contributed by atoms with van der Waals surface area (Å²) in [5.41, 5.74) is 1.94. The maximum Gasteiger partial charge on any atom is 0.253 e. The predicted molar refractivity (Wildman–Crippen MR) is 61.1 cm³/mol. The van der Waals surface area contributed by atoms with Crippen molar-refractivity contribution in [2.24, 2.45) is 0 Å². The van der Waals surface area contributed by atoms with Gasteiger partial charge in [0.05, 0.1) is 0 Å². The Balaban J connectivity index is 1.90. The second-order valence-corrected chi connectivity index (χ2v) is 4.25. The molecule has 2 aliphatic rings. The molecule has 84 valence electrons. The first-order valence-electron chi connectivity index (χ1n) is 5.71. The van der Waals surface area contributed by atoms with Crippen molar-refractivity contribution in [2.75, 3.05) is 26.2 Å². The van der Waals surface area contributed by atoms with Crippen LogP contribution in [0.2, 0.25) is 0 Å². The number of benzene rings is 1. The van der Waals surface area contributed by atoms with Crippen LogP contribution in [-0.4, -0.2) is 37.0 Å². The van der Waals surface area contributed by atoms with Crippen LogP contribution in [0.5, 0.6) is 0 Å². The average molecular weight is 217 g/mol. The van der Waals surface area contributed by atoms with E-state index in [1.807, 2.05) is 24.3 Å². The summed E-state index contributed by atoms with van der Waals surface area (Å²) in [6.07, 6.45) is 0.0748. The van der Waals surface area contributed by atoms with E-state index in [1.165, 1.54) is 0 Å². The minimum Gasteiger partial charge on any atom is -0.332 e. The van der Waals surface area contributed by atoms with Gasteiger partial charge in [0.25, 0.3) is 5.91 Å². The summed E-state index contributed by atoms with van der Waals surface area (Å²) in [5, 5.41) is 6.37. The molecule has 1 aromatic rings. The second-order valence-electron chi connectivity index (χ2n) is 4.25. The minimum absolute atomic E-state index is 0.0548. The molecule has 16 heavy (non-hydrogen) atoms. The molecule has 1 fully saturated rings. The van der Waals surface area contributed by atoms with Gasteiger partial charge in [-0.25, -0.2) is 0 Å². The third-order valence-corrected chi connectivity index (χ3v) is 3.28. The molecule has 0 saturated carbocycles. The van der Waals surface area contributed by atoms with Crippen molar-refractivity contribution < 1.29 is 4.79 Å². The zero-order valence-corrected chi connectivity index (χ0v) is 9.07. The van der Waals surface area contributed by atoms with E-state index >= 15 is 0 Å². The maximum absolute atomic E-state index is 11.8. The molecule has 3 rings (SSSR count). The summed E-state index contributed by atoms with van der Waals surface area (Å²) >= 11 is 0. The molecule has 0 spiro atoms. The van der Waals surface area contributed by atoms with Gasteiger partial charge in [-0.15, -0.1) is 0 Å². The standard InChI is InChI=1S/C12H15N3O/c16-12-10-4-2-1-3-9(10)11(14-12)15-7-5-13-6-8-15/h1-4,11,13H,5-8H2,(H,14,16). The predicted octanol–water partition coefficient (Wildman–Crippen LogP) is 0.334. The Kier molecular flexibility index (Phi) is 2.38. The minimum atomic E-state index is 0.0548. The Hall–Kier alpha value is -1.39. The van der Waals surface area contributed by atoms with Crippen molar-refractivity contribution >= 4 is 5.91 Å². The molecular formula is C12H15N3O. The highest BCUT2D eigenvalue weighted by Crippen LogP contribution is 2.27. The van der Waals surface area contributed by atoms with Gasteiger partial charge in [-0.1, -0.05) is 18.2 Å². The van der Waals surface area contributed by atoms with Gasteiger partial charge in [-0.3, -0.25) is 9.69 Å². The van der Waals surface area contributed by atoms with E-state index < -0.39 is 0 Å². The summed E-state index contributed by atoms with van der Waals surface area (Å²) in [7, 11) is 0. The number of fused-ring (bicyclic) bond motifs is 1. The lowest BCUT2D eigenvalue weighted by atomic mass is 10.1. The van der Waals surface area contributed by atoms with E-state index in [0.29, 0.717) is 0 Å². The molecule has 4 nitrogen and oxygen atoms in total. The SMILES string of the molecule is O=C1NC(N2CCNCC2)c2ccccc21. The zero-order valence-electron chi connectivity index (χ0n) is 9.07. The highest BCUT2D eigenvalue weighted by atomic mass is 16.2. The van der Waals surface area contributed by atoms with Crippen LogP contribution in [0, 0.1) is 0 Å². The van der Waals surface area contributed by atoms with Gasteiger partial charge >= 0.3 is 0 Å². The fourth-order valence-electron chi connectivity index (χ4n) is 2.45. The smallest absolute Gasteiger partial charge is 0.253 e. The topological polar surface area (TPSA) is 44.4 Å². The molecular weight excluding hydrogens is 202 g/mol. The van der Waals surface area contributed by atoms with Crippen molar-refractivity contribution in [1.29, 1.82) is 0 Å². The van der Waals surface area contributed by atoms with Gasteiger partial charge in [0.15, 0.2) is 0 Å². The fourth-order valence-corrected chi connectivity index (χ4v) is 2.45. The van der Waals surface area contributed by atoms with Crippen LogP contribution in [0.3, 0.4) is 0 Å². The van der Waals surface area contributed by atoms with Crippen molar-refractivity contribution in [1.82, 2.24) is 15.5 Å². The van der Waals surface area contributed by atoms with Gasteiger partial charge in [0, 0.05) is 37.3 Å². The molecule has 2 heterocycles. The molecule has 4 heteroatoms. The quantitative estimate of drug-likeness (QED) is 0.712. The van der Waals surface area contributed by atoms with Crippen LogP contribution in [0.4, 0.5) is 0 Å². The number of hydrogen-bond donors (Lipinski definition) is 2. The van der Waals surface area contributed by atoms with E-state index in [4.69, 9.17) is 0 Å². The first kappa shape index (κ1) is 9.81. The van der Waals surface area contributed by atoms with Gasteiger partial charge < -0.3 is 10.6 Å². The van der Waals surface area contributed by atoms with E-state index in [-0.39, 0.29) is 12.1 Å². The third-order valence-electron chi connectivity index (χ3n) is 3.28. The number of carbonyl (C=O) groups excluding carboxylic acids is 1. The zero-order chi connectivity index (χ0) is 11.0. The molecule has 1 atom stereocenters. The number of nitrogens with one attached hydrogen (secondary N) is 2. The van der Waals surface area contributed by atoms with Crippen molar-refractivity contribution in [3.63, 3.8) is 0 Å². The Morgan fingerprint density at radius 3 is 2.75 bits per heavy atom. The molecule has 0 aliphatic carbocycles. The Bertz CT molecular complexity index is 412. The molecule has 0 radical (unpaired) electrons. The van der Waals surface area contributed by atoms with Crippen LogP contribution in [0.1, 0.15) is 22.1 Å². The normalized spacial score (nSPS) is 25.2. The third kappa shape index (κ3) is 1.50. The lowest BCUT2D eigenvalue weighted by Crippen LogP contribution is -2.48. The Morgan fingerprint density at radius 1 is 1.19 bits per heavy atom. The Labute approximate surface area is 94.6 Å². The van der Waals surface area contributed by atoms with Crippen LogP contribution in [0.15, 0.2) is 24.3 Å². The number of nitrogens with zero attached hydrogens (tertiary/aromatic N) is 1. The van der Waals surface area contributed by atoms with Crippen LogP contribution in [0.25, 0.3) is 0 Å². The maximum atomic E-state index is 11.8. The fraction of sp³-hybridized carbons (Fsp3) is 0.417. The number of rotatable bonds is 1. The summed E-state index contributed by atoms with van der Waals surface area (Å²) < 4.78 is 0. The second kappa shape index (κ2) is 3.88. The van der Waals surface area contributed by atoms with Crippen LogP contribution >= 0.6 is 0 Å². The number of amides is 1. The van der Waals surface area contributed by atoms with Crippen LogP contribution < -0.4 is 10.6 Å². The lowest BCUT2D eigenvalue weighted by molar-refractivity contribution is 0.0879. The van der Waals surface area contributed by atoms with Gasteiger partial charge in [-0.2, -0.15) is 0 Å². The van der Waals surface area contributed by atoms with E-state index in [0.717, 1.165) is 37.3 Å². The molecule has 1 unspecified atom stereocenters. The number of hydrogen-bond acceptors (Lipinski definition) is 3. The van der Waals surface area contributed by atoms with E-state index in [9.17, 15) is 4.79 Å². The van der Waals surface area contributed by atoms with Gasteiger partial charge in [0.1, 0.15) is 6.17 Å². The Morgan fingerprint density at radius 2 is 1.94 bits per heavy atom. The summed E-state index contributed by atoms with van der Waals surface area (Å²) in [4.78, 5) is 14.1. The summed E-state index contributed by atoms with van der Waals surface area (Å²) in [5.74, 6) is 0.0548. The molecule has 1 aromatic carbocycles. The van der Waals surface area contributed by atoms with Crippen molar-refractivity contribution in [3.05, 3.63) is 35.4 Å². The highest BCUT2D eigenvalue weighted by molar-refractivity contribution is 5.99. The highest BCUT2D eigenvalue weighted by Gasteiger charge is 2.32. The molecule has 1 saturated heterocycles. The monoisotopic (exact) mass is 217 g/mol. The molecule has 0 aromatic heterocycles. The first-order valence-corrected chi connectivity index (χ1v) is 5.71. The number of carbonyl (C=O) groups is 1. The van der Waals surface area contributed by atoms with E-state index in [1.54, 1.807) is 0 Å². The molecule has 2 aliphatic heterocycles. The molecule has 0 bridgehead atoms. The van der Waals surface area contributed by atoms with Crippen molar-refractivity contribution in [3.8, 4) is 0 Å². The lowest BCUT2D eigenvalue weighted by Gasteiger charge is -2.32. The van der Waals surface area contributed by atoms with Crippen LogP contribution in [-0.2, 0) is 0 Å². The largest absolute Gasteiger partial charge is 0.332 e. The van der Waals surface area contributed by atoms with E-state index in [2.05, 4.69) is 15.5 Å². The number of piperazine rings is 1. The van der Waals surface area contributed by atoms with Gasteiger partial charge in [-0.05, 0) is 6.07 Å². The molecule has 2 N–H and O–H groups in total. The first-order chi connectivity index (χ1) is 7.86. The average Bonchev–Trinajstić information content (AvgIpc) is 2.69.